The second-order valence-electron chi connectivity index (χ2n) is 8.53. The van der Waals surface area contributed by atoms with E-state index in [0.717, 1.165) is 45.5 Å². The monoisotopic (exact) mass is 455 g/mol. The number of methoxy groups -OCH3 is 1. The van der Waals surface area contributed by atoms with Crippen LogP contribution in [-0.2, 0) is 17.6 Å². The van der Waals surface area contributed by atoms with Crippen molar-refractivity contribution < 1.29 is 14.3 Å². The van der Waals surface area contributed by atoms with Crippen LogP contribution in [0.5, 0.6) is 17.4 Å². The SMILES string of the molecule is COc1ccc(CCC(=O)Cc2ccc(Oc3ncnc4cc(N(C)C)ccc34)cc2C)cc1. The van der Waals surface area contributed by atoms with Crippen molar-refractivity contribution >= 4 is 22.4 Å². The number of carbonyl (C=O) groups is 1. The number of Topliss-reactive ketones (excluding diaryl/α,β-unsaturated/α-hetero) is 1. The molecule has 0 saturated heterocycles. The number of hydrogen-bond donors (Lipinski definition) is 0. The Morgan fingerprint density at radius 1 is 0.941 bits per heavy atom. The third-order valence-electron chi connectivity index (χ3n) is 5.87. The molecule has 174 valence electrons. The summed E-state index contributed by atoms with van der Waals surface area (Å²) in [5.41, 5.74) is 5.05. The van der Waals surface area contributed by atoms with E-state index in [2.05, 4.69) is 9.97 Å². The molecule has 6 heteroatoms. The van der Waals surface area contributed by atoms with E-state index in [-0.39, 0.29) is 5.78 Å². The highest BCUT2D eigenvalue weighted by Crippen LogP contribution is 2.30. The van der Waals surface area contributed by atoms with Crippen LogP contribution in [0, 0.1) is 6.92 Å². The highest BCUT2D eigenvalue weighted by Gasteiger charge is 2.11. The van der Waals surface area contributed by atoms with E-state index in [0.29, 0.717) is 24.5 Å². The molecule has 4 aromatic rings. The van der Waals surface area contributed by atoms with Gasteiger partial charge < -0.3 is 14.4 Å². The fraction of sp³-hybridized carbons (Fsp3) is 0.250. The number of ether oxygens (including phenoxy) is 2. The zero-order valence-corrected chi connectivity index (χ0v) is 20.0. The Kier molecular flexibility index (Phi) is 7.07. The smallest absolute Gasteiger partial charge is 0.230 e. The molecule has 0 amide bonds. The van der Waals surface area contributed by atoms with E-state index in [9.17, 15) is 4.79 Å². The summed E-state index contributed by atoms with van der Waals surface area (Å²) in [6.45, 7) is 2.00. The zero-order chi connectivity index (χ0) is 24.1. The summed E-state index contributed by atoms with van der Waals surface area (Å²) in [4.78, 5) is 23.3. The number of anilines is 1. The standard InChI is InChI=1S/C28H29N3O3/c1-19-15-25(34-28-26-14-9-22(31(2)3)17-27(26)29-18-30-28)13-8-21(19)16-23(32)10-5-20-6-11-24(33-4)12-7-20/h6-9,11-15,17-18H,5,10,16H2,1-4H3. The Balaban J connectivity index is 1.41. The Labute approximate surface area is 200 Å². The van der Waals surface area contributed by atoms with Crippen LogP contribution in [0.3, 0.4) is 0 Å². The molecule has 0 bridgehead atoms. The highest BCUT2D eigenvalue weighted by atomic mass is 16.5. The van der Waals surface area contributed by atoms with Crippen LogP contribution in [0.1, 0.15) is 23.1 Å². The van der Waals surface area contributed by atoms with Crippen molar-refractivity contribution in [2.75, 3.05) is 26.1 Å². The molecule has 0 aliphatic carbocycles. The second kappa shape index (κ2) is 10.3. The Morgan fingerprint density at radius 3 is 2.41 bits per heavy atom. The molecule has 1 aromatic heterocycles. The van der Waals surface area contributed by atoms with Gasteiger partial charge in [-0.2, -0.15) is 0 Å². The lowest BCUT2D eigenvalue weighted by atomic mass is 9.99. The lowest BCUT2D eigenvalue weighted by molar-refractivity contribution is -0.118. The van der Waals surface area contributed by atoms with Crippen molar-refractivity contribution in [1.29, 1.82) is 0 Å². The molecule has 0 spiro atoms. The summed E-state index contributed by atoms with van der Waals surface area (Å²) in [6, 6.07) is 19.7. The molecule has 4 rings (SSSR count). The predicted molar refractivity (Wildman–Crippen MR) is 135 cm³/mol. The summed E-state index contributed by atoms with van der Waals surface area (Å²) in [5, 5.41) is 0.850. The van der Waals surface area contributed by atoms with Gasteiger partial charge in [0.1, 0.15) is 23.6 Å². The van der Waals surface area contributed by atoms with Crippen LogP contribution in [-0.4, -0.2) is 37.0 Å². The van der Waals surface area contributed by atoms with E-state index in [1.54, 1.807) is 7.11 Å². The average Bonchev–Trinajstić information content (AvgIpc) is 2.84. The molecule has 0 atom stereocenters. The Bertz CT molecular complexity index is 1300. The number of ketones is 1. The molecular formula is C28H29N3O3. The molecule has 1 heterocycles. The van der Waals surface area contributed by atoms with Gasteiger partial charge in [-0.05, 0) is 72.5 Å². The maximum atomic E-state index is 12.6. The van der Waals surface area contributed by atoms with Crippen LogP contribution < -0.4 is 14.4 Å². The lowest BCUT2D eigenvalue weighted by Gasteiger charge is -2.14. The van der Waals surface area contributed by atoms with E-state index < -0.39 is 0 Å². The van der Waals surface area contributed by atoms with E-state index in [1.165, 1.54) is 6.33 Å². The van der Waals surface area contributed by atoms with Gasteiger partial charge in [-0.25, -0.2) is 9.97 Å². The number of aryl methyl sites for hydroxylation is 2. The zero-order valence-electron chi connectivity index (χ0n) is 20.0. The Morgan fingerprint density at radius 2 is 1.71 bits per heavy atom. The van der Waals surface area contributed by atoms with E-state index in [1.807, 2.05) is 86.6 Å². The minimum absolute atomic E-state index is 0.214. The summed E-state index contributed by atoms with van der Waals surface area (Å²) in [5.74, 6) is 2.23. The van der Waals surface area contributed by atoms with Gasteiger partial charge in [0.25, 0.3) is 0 Å². The van der Waals surface area contributed by atoms with Gasteiger partial charge in [0.05, 0.1) is 18.0 Å². The van der Waals surface area contributed by atoms with Crippen molar-refractivity contribution in [3.8, 4) is 17.4 Å². The highest BCUT2D eigenvalue weighted by molar-refractivity contribution is 5.86. The van der Waals surface area contributed by atoms with Crippen LogP contribution >= 0.6 is 0 Å². The molecule has 0 saturated carbocycles. The maximum Gasteiger partial charge on any atom is 0.230 e. The maximum absolute atomic E-state index is 12.6. The molecule has 34 heavy (non-hydrogen) atoms. The average molecular weight is 456 g/mol. The summed E-state index contributed by atoms with van der Waals surface area (Å²) in [6.07, 6.45) is 3.15. The van der Waals surface area contributed by atoms with Gasteiger partial charge in [0.2, 0.25) is 5.88 Å². The largest absolute Gasteiger partial charge is 0.497 e. The van der Waals surface area contributed by atoms with E-state index in [4.69, 9.17) is 9.47 Å². The number of carbonyl (C=O) groups excluding carboxylic acids is 1. The molecule has 0 radical (unpaired) electrons. The topological polar surface area (TPSA) is 64.5 Å². The van der Waals surface area contributed by atoms with Gasteiger partial charge in [-0.15, -0.1) is 0 Å². The van der Waals surface area contributed by atoms with Crippen molar-refractivity contribution in [3.05, 3.63) is 83.7 Å². The predicted octanol–water partition coefficient (Wildman–Crippen LogP) is 5.55. The van der Waals surface area contributed by atoms with E-state index >= 15 is 0 Å². The molecule has 0 unspecified atom stereocenters. The first-order chi connectivity index (χ1) is 16.4. The summed E-state index contributed by atoms with van der Waals surface area (Å²) in [7, 11) is 5.63. The van der Waals surface area contributed by atoms with Crippen LogP contribution in [0.15, 0.2) is 67.0 Å². The molecule has 3 aromatic carbocycles. The van der Waals surface area contributed by atoms with Crippen molar-refractivity contribution in [2.45, 2.75) is 26.2 Å². The van der Waals surface area contributed by atoms with Gasteiger partial charge in [0.15, 0.2) is 0 Å². The Hall–Kier alpha value is -3.93. The minimum atomic E-state index is 0.214. The number of hydrogen-bond acceptors (Lipinski definition) is 6. The van der Waals surface area contributed by atoms with Gasteiger partial charge in [-0.1, -0.05) is 18.2 Å². The first-order valence-electron chi connectivity index (χ1n) is 11.3. The van der Waals surface area contributed by atoms with Crippen molar-refractivity contribution in [2.24, 2.45) is 0 Å². The first kappa shape index (κ1) is 23.2. The quantitative estimate of drug-likeness (QED) is 0.330. The molecular weight excluding hydrogens is 426 g/mol. The first-order valence-corrected chi connectivity index (χ1v) is 11.3. The second-order valence-corrected chi connectivity index (χ2v) is 8.53. The van der Waals surface area contributed by atoms with Crippen LogP contribution in [0.4, 0.5) is 5.69 Å². The summed E-state index contributed by atoms with van der Waals surface area (Å²) >= 11 is 0. The molecule has 6 nitrogen and oxygen atoms in total. The van der Waals surface area contributed by atoms with Gasteiger partial charge in [-0.3, -0.25) is 4.79 Å². The molecule has 0 aliphatic rings. The summed E-state index contributed by atoms with van der Waals surface area (Å²) < 4.78 is 11.3. The van der Waals surface area contributed by atoms with Crippen molar-refractivity contribution in [1.82, 2.24) is 9.97 Å². The molecule has 0 aliphatic heterocycles. The van der Waals surface area contributed by atoms with Crippen molar-refractivity contribution in [3.63, 3.8) is 0 Å². The third-order valence-corrected chi connectivity index (χ3v) is 5.87. The number of aromatic nitrogens is 2. The third kappa shape index (κ3) is 5.52. The molecule has 0 fully saturated rings. The lowest BCUT2D eigenvalue weighted by Crippen LogP contribution is -2.08. The fourth-order valence-corrected chi connectivity index (χ4v) is 3.80. The normalized spacial score (nSPS) is 10.8. The number of nitrogens with zero attached hydrogens (tertiary/aromatic N) is 3. The van der Waals surface area contributed by atoms with Gasteiger partial charge >= 0.3 is 0 Å². The molecule has 0 N–H and O–H groups in total. The number of rotatable bonds is 9. The van der Waals surface area contributed by atoms with Crippen LogP contribution in [0.2, 0.25) is 0 Å². The van der Waals surface area contributed by atoms with Gasteiger partial charge in [0, 0.05) is 32.6 Å². The number of fused-ring (bicyclic) bond motifs is 1. The number of benzene rings is 3. The fourth-order valence-electron chi connectivity index (χ4n) is 3.80. The van der Waals surface area contributed by atoms with Crippen LogP contribution in [0.25, 0.3) is 10.9 Å². The minimum Gasteiger partial charge on any atom is -0.497 e.